The lowest BCUT2D eigenvalue weighted by Crippen LogP contribution is -2.39. The van der Waals surface area contributed by atoms with Crippen molar-refractivity contribution in [3.8, 4) is 0 Å². The van der Waals surface area contributed by atoms with Crippen molar-refractivity contribution >= 4 is 16.9 Å². The summed E-state index contributed by atoms with van der Waals surface area (Å²) in [5, 5.41) is 20.6. The van der Waals surface area contributed by atoms with Gasteiger partial charge in [0.1, 0.15) is 17.4 Å². The van der Waals surface area contributed by atoms with Crippen molar-refractivity contribution in [1.82, 2.24) is 25.1 Å². The van der Waals surface area contributed by atoms with Crippen LogP contribution in [0.25, 0.3) is 11.0 Å². The second kappa shape index (κ2) is 6.54. The lowest BCUT2D eigenvalue weighted by Gasteiger charge is -2.30. The highest BCUT2D eigenvalue weighted by Gasteiger charge is 2.18. The molecule has 3 heterocycles. The minimum atomic E-state index is -0.469. The Balaban J connectivity index is 1.33. The minimum absolute atomic E-state index is 0.433. The van der Waals surface area contributed by atoms with Gasteiger partial charge >= 0.3 is 0 Å². The number of aromatic amines is 1. The average Bonchev–Trinajstić information content (AvgIpc) is 3.03. The Morgan fingerprint density at radius 2 is 2.17 bits per heavy atom. The van der Waals surface area contributed by atoms with Crippen LogP contribution in [0.2, 0.25) is 0 Å². The van der Waals surface area contributed by atoms with Gasteiger partial charge in [0.2, 0.25) is 0 Å². The molecule has 7 heteroatoms. The summed E-state index contributed by atoms with van der Waals surface area (Å²) in [5.74, 6) is 0.649. The molecule has 1 aromatic carbocycles. The zero-order chi connectivity index (χ0) is 16.4. The van der Waals surface area contributed by atoms with Crippen LogP contribution in [0.15, 0.2) is 36.8 Å². The predicted octanol–water partition coefficient (Wildman–Crippen LogP) is 1.18. The van der Waals surface area contributed by atoms with Gasteiger partial charge in [-0.25, -0.2) is 9.97 Å². The van der Waals surface area contributed by atoms with Crippen molar-refractivity contribution in [2.45, 2.75) is 19.1 Å². The normalized spacial score (nSPS) is 16.0. The van der Waals surface area contributed by atoms with E-state index in [2.05, 4.69) is 54.6 Å². The van der Waals surface area contributed by atoms with Crippen LogP contribution in [0.3, 0.4) is 0 Å². The lowest BCUT2D eigenvalue weighted by molar-refractivity contribution is 0.114. The molecule has 4 rings (SSSR count). The molecular weight excluding hydrogens is 304 g/mol. The van der Waals surface area contributed by atoms with E-state index in [4.69, 9.17) is 0 Å². The van der Waals surface area contributed by atoms with Crippen molar-refractivity contribution in [3.63, 3.8) is 0 Å². The van der Waals surface area contributed by atoms with Crippen molar-refractivity contribution in [2.24, 2.45) is 0 Å². The topological polar surface area (TPSA) is 90.0 Å². The van der Waals surface area contributed by atoms with Crippen molar-refractivity contribution < 1.29 is 5.11 Å². The van der Waals surface area contributed by atoms with Crippen LogP contribution >= 0.6 is 0 Å². The van der Waals surface area contributed by atoms with Crippen molar-refractivity contribution in [2.75, 3.05) is 25.0 Å². The fourth-order valence-electron chi connectivity index (χ4n) is 3.18. The third kappa shape index (κ3) is 3.08. The summed E-state index contributed by atoms with van der Waals surface area (Å²) >= 11 is 0. The van der Waals surface area contributed by atoms with Gasteiger partial charge in [-0.15, -0.1) is 0 Å². The van der Waals surface area contributed by atoms with E-state index in [0.29, 0.717) is 18.9 Å². The monoisotopic (exact) mass is 324 g/mol. The second-order valence-electron chi connectivity index (χ2n) is 6.15. The summed E-state index contributed by atoms with van der Waals surface area (Å²) in [5.41, 5.74) is 4.30. The Morgan fingerprint density at radius 1 is 1.29 bits per heavy atom. The number of β-amino-alcohol motifs (C(OH)–C–C–N with tert-alkyl or cyclic N) is 1. The molecule has 3 N–H and O–H groups in total. The predicted molar refractivity (Wildman–Crippen MR) is 91.6 cm³/mol. The summed E-state index contributed by atoms with van der Waals surface area (Å²) < 4.78 is 0. The van der Waals surface area contributed by atoms with Crippen LogP contribution in [-0.4, -0.2) is 55.9 Å². The van der Waals surface area contributed by atoms with Crippen LogP contribution in [0.4, 0.5) is 5.82 Å². The third-order valence-electron chi connectivity index (χ3n) is 4.41. The Morgan fingerprint density at radius 3 is 3.08 bits per heavy atom. The molecule has 0 spiro atoms. The van der Waals surface area contributed by atoms with Gasteiger partial charge in [-0.1, -0.05) is 24.3 Å². The van der Waals surface area contributed by atoms with Gasteiger partial charge in [-0.05, 0) is 17.5 Å². The first kappa shape index (κ1) is 15.0. The van der Waals surface area contributed by atoms with E-state index in [1.54, 1.807) is 6.20 Å². The Labute approximate surface area is 139 Å². The maximum absolute atomic E-state index is 10.3. The number of aliphatic hydroxyl groups is 1. The van der Waals surface area contributed by atoms with Gasteiger partial charge in [0, 0.05) is 26.2 Å². The van der Waals surface area contributed by atoms with E-state index < -0.39 is 6.10 Å². The molecule has 1 aliphatic rings. The average molecular weight is 324 g/mol. The fourth-order valence-corrected chi connectivity index (χ4v) is 3.18. The number of fused-ring (bicyclic) bond motifs is 2. The molecule has 24 heavy (non-hydrogen) atoms. The van der Waals surface area contributed by atoms with Gasteiger partial charge < -0.3 is 10.4 Å². The molecule has 0 saturated carbocycles. The smallest absolute Gasteiger partial charge is 0.174 e. The van der Waals surface area contributed by atoms with Gasteiger partial charge in [0.05, 0.1) is 12.3 Å². The number of hydrogen-bond donors (Lipinski definition) is 3. The molecule has 7 nitrogen and oxygen atoms in total. The number of nitrogens with zero attached hydrogens (tertiary/aromatic N) is 4. The number of rotatable bonds is 5. The lowest BCUT2D eigenvalue weighted by atomic mass is 10.00. The third-order valence-corrected chi connectivity index (χ3v) is 4.41. The number of aromatic nitrogens is 4. The summed E-state index contributed by atoms with van der Waals surface area (Å²) in [6.07, 6.45) is 3.74. The second-order valence-corrected chi connectivity index (χ2v) is 6.15. The van der Waals surface area contributed by atoms with E-state index in [1.807, 2.05) is 0 Å². The van der Waals surface area contributed by atoms with Crippen LogP contribution in [-0.2, 0) is 13.0 Å². The number of hydrogen-bond acceptors (Lipinski definition) is 6. The largest absolute Gasteiger partial charge is 0.390 e. The quantitative estimate of drug-likeness (QED) is 0.653. The molecule has 0 fully saturated rings. The number of nitrogens with one attached hydrogen (secondary N) is 2. The highest BCUT2D eigenvalue weighted by atomic mass is 16.3. The molecule has 0 unspecified atom stereocenters. The standard InChI is InChI=1S/C17H20N6O/c24-14(7-19-17-16-15(21-22-17)8-18-11-20-16)10-23-6-5-12-3-1-2-4-13(12)9-23/h1-4,8,11,14,24H,5-7,9-10H2,(H2,19,21,22)/t14-/m0/s1. The van der Waals surface area contributed by atoms with E-state index in [0.717, 1.165) is 30.5 Å². The van der Waals surface area contributed by atoms with E-state index in [-0.39, 0.29) is 0 Å². The maximum atomic E-state index is 10.3. The molecule has 0 saturated heterocycles. The molecule has 1 aliphatic heterocycles. The Bertz CT molecular complexity index is 833. The molecular formula is C17H20N6O. The van der Waals surface area contributed by atoms with Gasteiger partial charge in [0.25, 0.3) is 0 Å². The highest BCUT2D eigenvalue weighted by Crippen LogP contribution is 2.19. The molecule has 2 aromatic heterocycles. The molecule has 0 radical (unpaired) electrons. The van der Waals surface area contributed by atoms with Crippen LogP contribution in [0.1, 0.15) is 11.1 Å². The molecule has 1 atom stereocenters. The summed E-state index contributed by atoms with van der Waals surface area (Å²) in [6.45, 7) is 2.94. The van der Waals surface area contributed by atoms with E-state index in [1.165, 1.54) is 17.5 Å². The summed E-state index contributed by atoms with van der Waals surface area (Å²) in [4.78, 5) is 10.4. The van der Waals surface area contributed by atoms with Gasteiger partial charge in [0.15, 0.2) is 5.82 Å². The van der Waals surface area contributed by atoms with Crippen LogP contribution in [0.5, 0.6) is 0 Å². The van der Waals surface area contributed by atoms with Crippen LogP contribution < -0.4 is 5.32 Å². The SMILES string of the molecule is O[C@@H](CNc1n[nH]c2cncnc12)CN1CCc2ccccc2C1. The molecule has 0 aliphatic carbocycles. The van der Waals surface area contributed by atoms with E-state index in [9.17, 15) is 5.11 Å². The Hall–Kier alpha value is -2.51. The van der Waals surface area contributed by atoms with E-state index >= 15 is 0 Å². The zero-order valence-corrected chi connectivity index (χ0v) is 13.3. The molecule has 0 bridgehead atoms. The first-order valence-electron chi connectivity index (χ1n) is 8.15. The van der Waals surface area contributed by atoms with Crippen molar-refractivity contribution in [1.29, 1.82) is 0 Å². The first-order chi connectivity index (χ1) is 11.8. The van der Waals surface area contributed by atoms with Gasteiger partial charge in [-0.3, -0.25) is 10.00 Å². The highest BCUT2D eigenvalue weighted by molar-refractivity contribution is 5.84. The molecule has 124 valence electrons. The maximum Gasteiger partial charge on any atom is 0.174 e. The number of anilines is 1. The summed E-state index contributed by atoms with van der Waals surface area (Å²) in [6, 6.07) is 8.52. The summed E-state index contributed by atoms with van der Waals surface area (Å²) in [7, 11) is 0. The molecule has 0 amide bonds. The van der Waals surface area contributed by atoms with Gasteiger partial charge in [-0.2, -0.15) is 5.10 Å². The minimum Gasteiger partial charge on any atom is -0.390 e. The number of benzene rings is 1. The Kier molecular flexibility index (Phi) is 4.10. The molecule has 3 aromatic rings. The number of aliphatic hydroxyl groups excluding tert-OH is 1. The van der Waals surface area contributed by atoms with Crippen LogP contribution in [0, 0.1) is 0 Å². The van der Waals surface area contributed by atoms with Crippen molar-refractivity contribution in [3.05, 3.63) is 47.9 Å². The fraction of sp³-hybridized carbons (Fsp3) is 0.353. The number of H-pyrrole nitrogens is 1. The first-order valence-corrected chi connectivity index (χ1v) is 8.15. The zero-order valence-electron chi connectivity index (χ0n) is 13.3.